The lowest BCUT2D eigenvalue weighted by molar-refractivity contribution is 0.572. The fourth-order valence-corrected chi connectivity index (χ4v) is 0.109. The quantitative estimate of drug-likeness (QED) is 0.369. The molecule has 24 valence electrons. The van der Waals surface area contributed by atoms with Crippen LogP contribution in [0.5, 0.6) is 0 Å². The van der Waals surface area contributed by atoms with E-state index in [1.165, 1.54) is 0 Å². The molecule has 3 nitrogen and oxygen atoms in total. The maximum atomic E-state index is 8.05. The fourth-order valence-electron chi connectivity index (χ4n) is 0.109. The standard InChI is InChI=1S/CHBN2O/c5-2-3-1-4-2/h5H. The average molecular weight is 67.8 g/mol. The van der Waals surface area contributed by atoms with Crippen molar-refractivity contribution >= 4 is 13.2 Å². The van der Waals surface area contributed by atoms with E-state index in [1.807, 2.05) is 0 Å². The van der Waals surface area contributed by atoms with Gasteiger partial charge in [-0.15, -0.1) is 0 Å². The minimum Gasteiger partial charge on any atom is -0.410 e. The molecule has 1 aliphatic heterocycles. The first-order chi connectivity index (χ1) is 2.39. The molecular weight excluding hydrogens is 66.8 g/mol. The Hall–Kier alpha value is -0.595. The Bertz CT molecular complexity index is 85.8. The van der Waals surface area contributed by atoms with Crippen molar-refractivity contribution in [1.29, 1.82) is 0 Å². The summed E-state index contributed by atoms with van der Waals surface area (Å²) in [6.07, 6.45) is 0. The third kappa shape index (κ3) is 0.230. The van der Waals surface area contributed by atoms with Crippen LogP contribution in [0.15, 0.2) is 9.81 Å². The van der Waals surface area contributed by atoms with E-state index in [-0.39, 0.29) is 0 Å². The molecule has 0 fully saturated rings. The molecule has 1 heterocycles. The van der Waals surface area contributed by atoms with Crippen LogP contribution < -0.4 is 0 Å². The van der Waals surface area contributed by atoms with Gasteiger partial charge in [-0.2, -0.15) is 0 Å². The predicted octanol–water partition coefficient (Wildman–Crippen LogP) is -0.849. The van der Waals surface area contributed by atoms with Gasteiger partial charge in [0.05, 0.1) is 6.01 Å². The average Bonchev–Trinajstić information content (AvgIpc) is 1.30. The van der Waals surface area contributed by atoms with Crippen molar-refractivity contribution in [2.75, 3.05) is 0 Å². The number of nitrogens with zero attached hydrogens (tertiary/aromatic N) is 2. The van der Waals surface area contributed by atoms with Gasteiger partial charge in [0.15, 0.2) is 0 Å². The van der Waals surface area contributed by atoms with Crippen molar-refractivity contribution < 1.29 is 5.02 Å². The highest BCUT2D eigenvalue weighted by molar-refractivity contribution is 6.51. The molecule has 0 aromatic rings. The third-order valence-electron chi connectivity index (χ3n) is 0.346. The highest BCUT2D eigenvalue weighted by Gasteiger charge is 2.10. The molecule has 1 N–H and O–H groups in total. The molecular formula is CHBN2O. The van der Waals surface area contributed by atoms with E-state index < -0.39 is 7.19 Å². The van der Waals surface area contributed by atoms with Crippen LogP contribution in [0.25, 0.3) is 0 Å². The van der Waals surface area contributed by atoms with E-state index in [0.29, 0.717) is 0 Å². The zero-order chi connectivity index (χ0) is 3.70. The Labute approximate surface area is 29.2 Å². The maximum absolute atomic E-state index is 8.05. The largest absolute Gasteiger partial charge is 0.602 e. The van der Waals surface area contributed by atoms with Crippen LogP contribution in [0.1, 0.15) is 0 Å². The van der Waals surface area contributed by atoms with Crippen LogP contribution in [-0.4, -0.2) is 18.2 Å². The van der Waals surface area contributed by atoms with Crippen molar-refractivity contribution in [1.82, 2.24) is 0 Å². The van der Waals surface area contributed by atoms with Crippen molar-refractivity contribution in [2.24, 2.45) is 9.81 Å². The molecule has 4 heteroatoms. The summed E-state index contributed by atoms with van der Waals surface area (Å²) in [5.74, 6) is 0. The molecule has 0 bridgehead atoms. The molecule has 0 amide bonds. The van der Waals surface area contributed by atoms with Gasteiger partial charge in [-0.05, 0) is 0 Å². The molecule has 0 saturated heterocycles. The van der Waals surface area contributed by atoms with Crippen molar-refractivity contribution in [3.05, 3.63) is 0 Å². The van der Waals surface area contributed by atoms with Gasteiger partial charge in [-0.3, -0.25) is 0 Å². The lowest BCUT2D eigenvalue weighted by atomic mass is 10.1. The topological polar surface area (TPSA) is 45.0 Å². The molecule has 0 aromatic heterocycles. The van der Waals surface area contributed by atoms with Crippen LogP contribution >= 0.6 is 0 Å². The normalized spacial score (nSPS) is 15.8. The molecule has 0 atom stereocenters. The summed E-state index contributed by atoms with van der Waals surface area (Å²) in [5, 5.41) is 8.05. The molecule has 0 aliphatic carbocycles. The van der Waals surface area contributed by atoms with E-state index in [4.69, 9.17) is 5.02 Å². The lowest BCUT2D eigenvalue weighted by Crippen LogP contribution is -2.09. The van der Waals surface area contributed by atoms with Gasteiger partial charge < -0.3 is 5.02 Å². The molecule has 0 spiro atoms. The van der Waals surface area contributed by atoms with E-state index >= 15 is 0 Å². The zero-order valence-corrected chi connectivity index (χ0v) is 2.42. The van der Waals surface area contributed by atoms with Crippen molar-refractivity contribution in [3.8, 4) is 0 Å². The third-order valence-corrected chi connectivity index (χ3v) is 0.346. The van der Waals surface area contributed by atoms with Crippen LogP contribution in [0.4, 0.5) is 0 Å². The van der Waals surface area contributed by atoms with E-state index in [2.05, 4.69) is 15.8 Å². The second-order valence-corrected chi connectivity index (χ2v) is 0.705. The van der Waals surface area contributed by atoms with Crippen LogP contribution in [-0.2, 0) is 0 Å². The van der Waals surface area contributed by atoms with E-state index in [1.54, 1.807) is 0 Å². The van der Waals surface area contributed by atoms with Gasteiger partial charge in [0.1, 0.15) is 0 Å². The number of hydrogen-bond acceptors (Lipinski definition) is 3. The highest BCUT2D eigenvalue weighted by atomic mass is 16.2. The maximum Gasteiger partial charge on any atom is 0.602 e. The first-order valence-corrected chi connectivity index (χ1v) is 1.22. The molecule has 0 saturated carbocycles. The molecule has 1 aliphatic rings. The first-order valence-electron chi connectivity index (χ1n) is 1.22. The summed E-state index contributed by atoms with van der Waals surface area (Å²) in [5.41, 5.74) is 0. The molecule has 1 rings (SSSR count). The molecule has 0 aromatic carbocycles. The van der Waals surface area contributed by atoms with Crippen molar-refractivity contribution in [3.63, 3.8) is 0 Å². The van der Waals surface area contributed by atoms with Gasteiger partial charge in [0, 0.05) is 0 Å². The SMILES string of the molecule is OB1N=C=N1. The summed E-state index contributed by atoms with van der Waals surface area (Å²) in [4.78, 5) is 6.42. The monoisotopic (exact) mass is 68.0 g/mol. The van der Waals surface area contributed by atoms with Crippen LogP contribution in [0.2, 0.25) is 0 Å². The number of hydrogen-bond donors (Lipinski definition) is 1. The summed E-state index contributed by atoms with van der Waals surface area (Å²) < 4.78 is 0. The Morgan fingerprint density at radius 3 is 2.00 bits per heavy atom. The summed E-state index contributed by atoms with van der Waals surface area (Å²) in [6, 6.07) is 2.16. The van der Waals surface area contributed by atoms with Gasteiger partial charge >= 0.3 is 7.19 Å². The second-order valence-electron chi connectivity index (χ2n) is 0.705. The highest BCUT2D eigenvalue weighted by Crippen LogP contribution is 1.82. The fraction of sp³-hybridized carbons (Fsp3) is 0. The molecule has 0 unspecified atom stereocenters. The summed E-state index contributed by atoms with van der Waals surface area (Å²) >= 11 is 0. The molecule has 0 radical (unpaired) electrons. The molecule has 5 heavy (non-hydrogen) atoms. The van der Waals surface area contributed by atoms with E-state index in [0.717, 1.165) is 0 Å². The summed E-state index contributed by atoms with van der Waals surface area (Å²) in [6.45, 7) is 0. The van der Waals surface area contributed by atoms with Gasteiger partial charge in [0.25, 0.3) is 0 Å². The minimum absolute atomic E-state index is 0.796. The smallest absolute Gasteiger partial charge is 0.410 e. The van der Waals surface area contributed by atoms with Gasteiger partial charge in [0.2, 0.25) is 0 Å². The Morgan fingerprint density at radius 2 is 2.00 bits per heavy atom. The Morgan fingerprint density at radius 1 is 1.60 bits per heavy atom. The van der Waals surface area contributed by atoms with Gasteiger partial charge in [-0.25, -0.2) is 9.81 Å². The summed E-state index contributed by atoms with van der Waals surface area (Å²) in [7, 11) is -0.796. The van der Waals surface area contributed by atoms with E-state index in [9.17, 15) is 0 Å². The van der Waals surface area contributed by atoms with Gasteiger partial charge in [-0.1, -0.05) is 0 Å². The van der Waals surface area contributed by atoms with Crippen LogP contribution in [0.3, 0.4) is 0 Å². The Balaban J connectivity index is 2.60. The first kappa shape index (κ1) is 2.63. The second kappa shape index (κ2) is 0.674. The lowest BCUT2D eigenvalue weighted by Gasteiger charge is -1.86. The minimum atomic E-state index is -0.796. The zero-order valence-electron chi connectivity index (χ0n) is 2.42. The van der Waals surface area contributed by atoms with Crippen LogP contribution in [0, 0.1) is 0 Å². The number of rotatable bonds is 0. The Kier molecular flexibility index (Phi) is 0.355. The van der Waals surface area contributed by atoms with Crippen molar-refractivity contribution in [2.45, 2.75) is 0 Å². The predicted molar refractivity (Wildman–Crippen MR) is 17.8 cm³/mol.